The Morgan fingerprint density at radius 2 is 1.62 bits per heavy atom. The molecule has 4 rings (SSSR count). The summed E-state index contributed by atoms with van der Waals surface area (Å²) in [5.74, 6) is 0. The van der Waals surface area contributed by atoms with Gasteiger partial charge in [-0.2, -0.15) is 0 Å². The van der Waals surface area contributed by atoms with Crippen LogP contribution in [-0.4, -0.2) is 19.5 Å². The fourth-order valence-electron chi connectivity index (χ4n) is 3.98. The molecule has 1 aromatic carbocycles. The highest BCUT2D eigenvalue weighted by Gasteiger charge is 2.19. The first kappa shape index (κ1) is 19.3. The molecule has 0 atom stereocenters. The molecule has 0 aliphatic heterocycles. The first-order valence-electron chi connectivity index (χ1n) is 10.6. The van der Waals surface area contributed by atoms with Crippen molar-refractivity contribution in [1.82, 2.24) is 19.5 Å². The summed E-state index contributed by atoms with van der Waals surface area (Å²) in [5, 5.41) is 0. The third kappa shape index (κ3) is 3.55. The summed E-state index contributed by atoms with van der Waals surface area (Å²) < 4.78 is 2.28. The van der Waals surface area contributed by atoms with Gasteiger partial charge in [-0.25, -0.2) is 4.98 Å². The summed E-state index contributed by atoms with van der Waals surface area (Å²) >= 11 is 0. The maximum Gasteiger partial charge on any atom is 0.164 e. The number of hydrogen-bond acceptors (Lipinski definition) is 3. The van der Waals surface area contributed by atoms with Crippen molar-refractivity contribution in [3.05, 3.63) is 71.2 Å². The molecule has 4 heteroatoms. The molecular weight excluding hydrogens is 356 g/mol. The van der Waals surface area contributed by atoms with Crippen LogP contribution in [0.15, 0.2) is 48.7 Å². The number of rotatable bonds is 6. The Morgan fingerprint density at radius 3 is 2.31 bits per heavy atom. The molecule has 3 aromatic heterocycles. The van der Waals surface area contributed by atoms with E-state index in [-0.39, 0.29) is 0 Å². The van der Waals surface area contributed by atoms with Gasteiger partial charge in [0.2, 0.25) is 0 Å². The molecule has 29 heavy (non-hydrogen) atoms. The van der Waals surface area contributed by atoms with Gasteiger partial charge >= 0.3 is 0 Å². The van der Waals surface area contributed by atoms with Crippen LogP contribution >= 0.6 is 0 Å². The van der Waals surface area contributed by atoms with Crippen LogP contribution < -0.4 is 0 Å². The van der Waals surface area contributed by atoms with Crippen molar-refractivity contribution in [2.75, 3.05) is 0 Å². The Labute approximate surface area is 172 Å². The molecule has 0 amide bonds. The van der Waals surface area contributed by atoms with Gasteiger partial charge in [0.05, 0.1) is 22.8 Å². The first-order chi connectivity index (χ1) is 14.2. The monoisotopic (exact) mass is 384 g/mol. The van der Waals surface area contributed by atoms with Gasteiger partial charge in [0.1, 0.15) is 5.52 Å². The molecule has 0 spiro atoms. The van der Waals surface area contributed by atoms with Crippen molar-refractivity contribution < 1.29 is 0 Å². The maximum absolute atomic E-state index is 4.97. The quantitative estimate of drug-likeness (QED) is 0.418. The van der Waals surface area contributed by atoms with E-state index < -0.39 is 0 Å². The van der Waals surface area contributed by atoms with Gasteiger partial charge in [-0.3, -0.25) is 14.5 Å². The minimum atomic E-state index is 0.901. The van der Waals surface area contributed by atoms with E-state index in [1.54, 1.807) is 0 Å². The first-order valence-corrected chi connectivity index (χ1v) is 10.6. The number of para-hydroxylation sites is 1. The van der Waals surface area contributed by atoms with E-state index in [2.05, 4.69) is 72.8 Å². The third-order valence-corrected chi connectivity index (χ3v) is 5.39. The zero-order valence-electron chi connectivity index (χ0n) is 17.7. The van der Waals surface area contributed by atoms with Crippen LogP contribution in [0.3, 0.4) is 0 Å². The molecular formula is C25H28N4. The van der Waals surface area contributed by atoms with Gasteiger partial charge < -0.3 is 0 Å². The number of fused-ring (bicyclic) bond motifs is 1. The fourth-order valence-corrected chi connectivity index (χ4v) is 3.98. The van der Waals surface area contributed by atoms with Crippen molar-refractivity contribution >= 4 is 11.2 Å². The lowest BCUT2D eigenvalue weighted by atomic mass is 10.0. The Hall–Kier alpha value is -3.01. The van der Waals surface area contributed by atoms with Gasteiger partial charge in [-0.15, -0.1) is 0 Å². The van der Waals surface area contributed by atoms with E-state index >= 15 is 0 Å². The van der Waals surface area contributed by atoms with Crippen LogP contribution in [0, 0.1) is 6.92 Å². The lowest BCUT2D eigenvalue weighted by molar-refractivity contribution is 0.881. The molecule has 148 valence electrons. The predicted molar refractivity (Wildman–Crippen MR) is 120 cm³/mol. The number of nitrogens with zero attached hydrogens (tertiary/aromatic N) is 4. The second-order valence-corrected chi connectivity index (χ2v) is 7.48. The van der Waals surface area contributed by atoms with Crippen LogP contribution in [0.1, 0.15) is 49.7 Å². The maximum atomic E-state index is 4.97. The average Bonchev–Trinajstić information content (AvgIpc) is 3.11. The molecule has 0 unspecified atom stereocenters. The van der Waals surface area contributed by atoms with Gasteiger partial charge in [-0.05, 0) is 55.5 Å². The highest BCUT2D eigenvalue weighted by atomic mass is 15.1. The Bertz CT molecular complexity index is 1130. The van der Waals surface area contributed by atoms with Crippen LogP contribution in [0.5, 0.6) is 0 Å². The second-order valence-electron chi connectivity index (χ2n) is 7.48. The smallest absolute Gasteiger partial charge is 0.164 e. The number of hydrogen-bond donors (Lipinski definition) is 0. The lowest BCUT2D eigenvalue weighted by Crippen LogP contribution is -2.07. The minimum Gasteiger partial charge on any atom is -0.290 e. The van der Waals surface area contributed by atoms with Gasteiger partial charge in [-0.1, -0.05) is 51.5 Å². The van der Waals surface area contributed by atoms with Gasteiger partial charge in [0.15, 0.2) is 5.65 Å². The van der Waals surface area contributed by atoms with E-state index in [0.29, 0.717) is 0 Å². The molecule has 0 N–H and O–H groups in total. The highest BCUT2D eigenvalue weighted by Crippen LogP contribution is 2.33. The fraction of sp³-hybridized carbons (Fsp3) is 0.320. The number of pyridine rings is 1. The topological polar surface area (TPSA) is 43.6 Å². The predicted octanol–water partition coefficient (Wildman–Crippen LogP) is 5.87. The van der Waals surface area contributed by atoms with Crippen LogP contribution in [0.25, 0.3) is 28.2 Å². The molecule has 0 fully saturated rings. The van der Waals surface area contributed by atoms with Crippen molar-refractivity contribution in [1.29, 1.82) is 0 Å². The number of aromatic nitrogens is 4. The molecule has 0 aliphatic carbocycles. The Morgan fingerprint density at radius 1 is 0.897 bits per heavy atom. The SMILES string of the molecule is CCCc1cccc(-c2cc3ncc(C)nc3n2-c2c(CC)cccc2CC)n1. The second kappa shape index (κ2) is 8.16. The highest BCUT2D eigenvalue weighted by molar-refractivity contribution is 5.83. The van der Waals surface area contributed by atoms with Crippen LogP contribution in [0.2, 0.25) is 0 Å². The summed E-state index contributed by atoms with van der Waals surface area (Å²) in [6, 6.07) is 15.0. The zero-order chi connectivity index (χ0) is 20.4. The number of benzene rings is 1. The third-order valence-electron chi connectivity index (χ3n) is 5.39. The summed E-state index contributed by atoms with van der Waals surface area (Å²) in [5.41, 5.74) is 9.74. The van der Waals surface area contributed by atoms with Crippen molar-refractivity contribution in [3.63, 3.8) is 0 Å². The zero-order valence-corrected chi connectivity index (χ0v) is 17.7. The van der Waals surface area contributed by atoms with Crippen molar-refractivity contribution in [3.8, 4) is 17.1 Å². The van der Waals surface area contributed by atoms with Crippen molar-refractivity contribution in [2.24, 2.45) is 0 Å². The largest absolute Gasteiger partial charge is 0.290 e. The normalized spacial score (nSPS) is 11.3. The van der Waals surface area contributed by atoms with E-state index in [9.17, 15) is 0 Å². The Kier molecular flexibility index (Phi) is 5.43. The van der Waals surface area contributed by atoms with Crippen molar-refractivity contribution in [2.45, 2.75) is 53.4 Å². The van der Waals surface area contributed by atoms with E-state index in [0.717, 1.165) is 59.6 Å². The molecule has 0 aliphatic rings. The minimum absolute atomic E-state index is 0.901. The molecule has 4 aromatic rings. The summed E-state index contributed by atoms with van der Waals surface area (Å²) in [4.78, 5) is 14.5. The summed E-state index contributed by atoms with van der Waals surface area (Å²) in [6.45, 7) is 8.60. The average molecular weight is 385 g/mol. The molecule has 4 nitrogen and oxygen atoms in total. The molecule has 0 saturated heterocycles. The summed E-state index contributed by atoms with van der Waals surface area (Å²) in [6.07, 6.45) is 5.83. The standard InChI is InChI=1S/C25H28N4/c1-5-10-20-13-9-14-21(28-20)23-15-22-25(27-17(4)16-26-22)29(23)24-18(6-2)11-8-12-19(24)7-3/h8-9,11-16H,5-7,10H2,1-4H3. The molecule has 3 heterocycles. The Balaban J connectivity index is 2.07. The van der Waals surface area contributed by atoms with E-state index in [1.165, 1.54) is 16.8 Å². The molecule has 0 radical (unpaired) electrons. The molecule has 0 bridgehead atoms. The van der Waals surface area contributed by atoms with E-state index in [1.807, 2.05) is 13.1 Å². The number of aryl methyl sites for hydroxylation is 4. The lowest BCUT2D eigenvalue weighted by Gasteiger charge is -2.18. The summed E-state index contributed by atoms with van der Waals surface area (Å²) in [7, 11) is 0. The molecule has 0 saturated carbocycles. The van der Waals surface area contributed by atoms with Crippen LogP contribution in [-0.2, 0) is 19.3 Å². The van der Waals surface area contributed by atoms with E-state index in [4.69, 9.17) is 9.97 Å². The van der Waals surface area contributed by atoms with Gasteiger partial charge in [0, 0.05) is 11.9 Å². The van der Waals surface area contributed by atoms with Crippen LogP contribution in [0.4, 0.5) is 0 Å². The van der Waals surface area contributed by atoms with Gasteiger partial charge in [0.25, 0.3) is 0 Å².